The van der Waals surface area contributed by atoms with Crippen molar-refractivity contribution in [2.75, 3.05) is 0 Å². The second-order valence-corrected chi connectivity index (χ2v) is 4.81. The fourth-order valence-electron chi connectivity index (χ4n) is 1.95. The van der Waals surface area contributed by atoms with Crippen LogP contribution < -0.4 is 4.74 Å². The van der Waals surface area contributed by atoms with Gasteiger partial charge in [0, 0.05) is 12.3 Å². The summed E-state index contributed by atoms with van der Waals surface area (Å²) in [6.07, 6.45) is 1.77. The third kappa shape index (κ3) is 2.89. The first-order valence-corrected chi connectivity index (χ1v) is 6.18. The summed E-state index contributed by atoms with van der Waals surface area (Å²) < 4.78 is 5.71. The molecule has 2 heteroatoms. The smallest absolute Gasteiger partial charge is 0.213 e. The Morgan fingerprint density at radius 2 is 1.67 bits per heavy atom. The van der Waals surface area contributed by atoms with Crippen LogP contribution in [0.2, 0.25) is 0 Å². The lowest BCUT2D eigenvalue weighted by Gasteiger charge is -2.10. The van der Waals surface area contributed by atoms with E-state index in [0.29, 0.717) is 12.5 Å². The molecule has 18 heavy (non-hydrogen) atoms. The minimum Gasteiger partial charge on any atom is -0.473 e. The number of ether oxygens (including phenoxy) is 1. The summed E-state index contributed by atoms with van der Waals surface area (Å²) in [7, 11) is 0. The van der Waals surface area contributed by atoms with Crippen LogP contribution in [0.3, 0.4) is 0 Å². The zero-order valence-corrected chi connectivity index (χ0v) is 11.4. The lowest BCUT2D eigenvalue weighted by Crippen LogP contribution is -1.99. The predicted octanol–water partition coefficient (Wildman–Crippen LogP) is 3.89. The average Bonchev–Trinajstić information content (AvgIpc) is 2.33. The van der Waals surface area contributed by atoms with Gasteiger partial charge in [0.1, 0.15) is 6.61 Å². The highest BCUT2D eigenvalue weighted by Crippen LogP contribution is 2.17. The van der Waals surface area contributed by atoms with Crippen LogP contribution in [-0.4, -0.2) is 4.98 Å². The molecule has 0 amide bonds. The Morgan fingerprint density at radius 3 is 2.28 bits per heavy atom. The van der Waals surface area contributed by atoms with E-state index in [9.17, 15) is 0 Å². The van der Waals surface area contributed by atoms with Crippen molar-refractivity contribution in [2.45, 2.75) is 34.3 Å². The number of benzene rings is 1. The normalized spacial score (nSPS) is 10.4. The van der Waals surface area contributed by atoms with Gasteiger partial charge in [0.05, 0.1) is 0 Å². The van der Waals surface area contributed by atoms with E-state index in [4.69, 9.17) is 4.74 Å². The lowest BCUT2D eigenvalue weighted by molar-refractivity contribution is 0.293. The number of aromatic nitrogens is 1. The summed E-state index contributed by atoms with van der Waals surface area (Å²) in [4.78, 5) is 4.19. The van der Waals surface area contributed by atoms with Crippen molar-refractivity contribution >= 4 is 0 Å². The van der Waals surface area contributed by atoms with Crippen LogP contribution in [0.5, 0.6) is 5.88 Å². The summed E-state index contributed by atoms with van der Waals surface area (Å²) in [6, 6.07) is 8.27. The van der Waals surface area contributed by atoms with Gasteiger partial charge in [-0.1, -0.05) is 12.1 Å². The van der Waals surface area contributed by atoms with Gasteiger partial charge in [-0.15, -0.1) is 0 Å². The van der Waals surface area contributed by atoms with E-state index in [-0.39, 0.29) is 0 Å². The molecule has 1 heterocycles. The van der Waals surface area contributed by atoms with Gasteiger partial charge in [0.25, 0.3) is 0 Å². The monoisotopic (exact) mass is 241 g/mol. The Labute approximate surface area is 109 Å². The third-order valence-electron chi connectivity index (χ3n) is 3.26. The quantitative estimate of drug-likeness (QED) is 0.813. The molecule has 2 nitrogen and oxygen atoms in total. The van der Waals surface area contributed by atoms with Crippen molar-refractivity contribution < 1.29 is 4.74 Å². The first kappa shape index (κ1) is 12.6. The summed E-state index contributed by atoms with van der Waals surface area (Å²) in [5.74, 6) is 0.686. The Hall–Kier alpha value is -1.83. The molecule has 0 fully saturated rings. The minimum atomic E-state index is 0.568. The second-order valence-electron chi connectivity index (χ2n) is 4.81. The van der Waals surface area contributed by atoms with E-state index in [2.05, 4.69) is 37.9 Å². The number of pyridine rings is 1. The van der Waals surface area contributed by atoms with E-state index in [1.54, 1.807) is 6.20 Å². The second kappa shape index (κ2) is 5.21. The van der Waals surface area contributed by atoms with Crippen molar-refractivity contribution in [3.8, 4) is 5.88 Å². The van der Waals surface area contributed by atoms with Crippen molar-refractivity contribution in [1.29, 1.82) is 0 Å². The van der Waals surface area contributed by atoms with Crippen LogP contribution in [0, 0.1) is 27.7 Å². The fraction of sp³-hybridized carbons (Fsp3) is 0.312. The van der Waals surface area contributed by atoms with Crippen molar-refractivity contribution in [3.63, 3.8) is 0 Å². The molecule has 2 rings (SSSR count). The molecule has 0 unspecified atom stereocenters. The average molecular weight is 241 g/mol. The number of nitrogens with zero attached hydrogens (tertiary/aromatic N) is 1. The van der Waals surface area contributed by atoms with Gasteiger partial charge in [0.2, 0.25) is 5.88 Å². The van der Waals surface area contributed by atoms with Crippen molar-refractivity contribution in [3.05, 3.63) is 58.3 Å². The Kier molecular flexibility index (Phi) is 3.66. The molecule has 0 spiro atoms. The molecule has 0 aliphatic rings. The maximum atomic E-state index is 5.71. The van der Waals surface area contributed by atoms with Crippen LogP contribution in [0.4, 0.5) is 0 Å². The molecule has 1 aromatic heterocycles. The molecule has 2 aromatic rings. The van der Waals surface area contributed by atoms with E-state index >= 15 is 0 Å². The van der Waals surface area contributed by atoms with Crippen molar-refractivity contribution in [1.82, 2.24) is 4.98 Å². The predicted molar refractivity (Wildman–Crippen MR) is 74.0 cm³/mol. The number of hydrogen-bond acceptors (Lipinski definition) is 2. The van der Waals surface area contributed by atoms with Gasteiger partial charge >= 0.3 is 0 Å². The molecule has 0 radical (unpaired) electrons. The SMILES string of the molecule is Cc1ccnc(OCc2cc(C)c(C)c(C)c2)c1. The standard InChI is InChI=1S/C16H19NO/c1-11-5-6-17-16(7-11)18-10-15-8-12(2)14(4)13(3)9-15/h5-9H,10H2,1-4H3. The maximum Gasteiger partial charge on any atom is 0.213 e. The zero-order chi connectivity index (χ0) is 13.1. The molecule has 0 N–H and O–H groups in total. The maximum absolute atomic E-state index is 5.71. The van der Waals surface area contributed by atoms with Gasteiger partial charge in [-0.25, -0.2) is 4.98 Å². The summed E-state index contributed by atoms with van der Waals surface area (Å²) in [5, 5.41) is 0. The third-order valence-corrected chi connectivity index (χ3v) is 3.26. The van der Waals surface area contributed by atoms with Gasteiger partial charge < -0.3 is 4.74 Å². The van der Waals surface area contributed by atoms with E-state index < -0.39 is 0 Å². The molecule has 1 aromatic carbocycles. The molecule has 0 saturated carbocycles. The largest absolute Gasteiger partial charge is 0.473 e. The molecule has 0 saturated heterocycles. The van der Waals surface area contributed by atoms with Gasteiger partial charge in [-0.2, -0.15) is 0 Å². The highest BCUT2D eigenvalue weighted by Gasteiger charge is 2.02. The summed E-state index contributed by atoms with van der Waals surface area (Å²) in [5.41, 5.74) is 6.33. The molecular weight excluding hydrogens is 222 g/mol. The van der Waals surface area contributed by atoms with Gasteiger partial charge in [-0.05, 0) is 61.6 Å². The minimum absolute atomic E-state index is 0.568. The number of aryl methyl sites for hydroxylation is 3. The molecule has 0 aliphatic carbocycles. The molecule has 0 bridgehead atoms. The molecule has 94 valence electrons. The van der Waals surface area contributed by atoms with Crippen LogP contribution in [-0.2, 0) is 6.61 Å². The van der Waals surface area contributed by atoms with Crippen LogP contribution in [0.1, 0.15) is 27.8 Å². The zero-order valence-electron chi connectivity index (χ0n) is 11.4. The fourth-order valence-corrected chi connectivity index (χ4v) is 1.95. The Morgan fingerprint density at radius 1 is 1.00 bits per heavy atom. The van der Waals surface area contributed by atoms with Crippen LogP contribution in [0.15, 0.2) is 30.5 Å². The van der Waals surface area contributed by atoms with Crippen LogP contribution in [0.25, 0.3) is 0 Å². The highest BCUT2D eigenvalue weighted by atomic mass is 16.5. The topological polar surface area (TPSA) is 22.1 Å². The molecular formula is C16H19NO. The highest BCUT2D eigenvalue weighted by molar-refractivity contribution is 5.36. The molecule has 0 atom stereocenters. The van der Waals surface area contributed by atoms with E-state index in [1.807, 2.05) is 19.1 Å². The summed E-state index contributed by atoms with van der Waals surface area (Å²) >= 11 is 0. The van der Waals surface area contributed by atoms with Gasteiger partial charge in [-0.3, -0.25) is 0 Å². The Bertz CT molecular complexity index is 538. The van der Waals surface area contributed by atoms with E-state index in [1.165, 1.54) is 22.3 Å². The number of rotatable bonds is 3. The lowest BCUT2D eigenvalue weighted by atomic mass is 10.0. The number of hydrogen-bond donors (Lipinski definition) is 0. The van der Waals surface area contributed by atoms with E-state index in [0.717, 1.165) is 5.56 Å². The first-order chi connectivity index (χ1) is 8.56. The van der Waals surface area contributed by atoms with Crippen molar-refractivity contribution in [2.24, 2.45) is 0 Å². The first-order valence-electron chi connectivity index (χ1n) is 6.18. The molecule has 0 aliphatic heterocycles. The van der Waals surface area contributed by atoms with Gasteiger partial charge in [0.15, 0.2) is 0 Å². The van der Waals surface area contributed by atoms with Crippen LogP contribution >= 0.6 is 0 Å². The Balaban J connectivity index is 2.11. The summed E-state index contributed by atoms with van der Waals surface area (Å²) in [6.45, 7) is 9.03.